The van der Waals surface area contributed by atoms with Crippen molar-refractivity contribution in [2.24, 2.45) is 0 Å². The number of amides is 1. The van der Waals surface area contributed by atoms with E-state index in [1.165, 1.54) is 7.11 Å². The zero-order valence-electron chi connectivity index (χ0n) is 14.5. The average Bonchev–Trinajstić information content (AvgIpc) is 3.12. The first-order valence-corrected chi connectivity index (χ1v) is 9.75. The van der Waals surface area contributed by atoms with E-state index in [0.29, 0.717) is 23.2 Å². The number of nitrogens with zero attached hydrogens (tertiary/aromatic N) is 2. The molecule has 0 fully saturated rings. The standard InChI is InChI=1S/C17H20ClN3O4S/c1-24-17(23)13(9-10-26-2)19-14(22)7-8-15-20-16(21-25-15)11-3-5-12(18)6-4-11/h3-6,13H,7-10H2,1-2H3,(H,19,22)/t13-/m0/s1. The Morgan fingerprint density at radius 2 is 2.08 bits per heavy atom. The molecule has 0 spiro atoms. The fraction of sp³-hybridized carbons (Fsp3) is 0.412. The summed E-state index contributed by atoms with van der Waals surface area (Å²) in [6.45, 7) is 0. The third-order valence-corrected chi connectivity index (χ3v) is 4.46. The lowest BCUT2D eigenvalue weighted by Crippen LogP contribution is -2.42. The molecule has 0 aliphatic rings. The molecule has 0 saturated carbocycles. The van der Waals surface area contributed by atoms with Crippen molar-refractivity contribution < 1.29 is 18.8 Å². The average molecular weight is 398 g/mol. The van der Waals surface area contributed by atoms with Gasteiger partial charge in [-0.2, -0.15) is 16.7 Å². The van der Waals surface area contributed by atoms with Gasteiger partial charge in [0.2, 0.25) is 17.6 Å². The highest BCUT2D eigenvalue weighted by Gasteiger charge is 2.21. The molecule has 0 bridgehead atoms. The summed E-state index contributed by atoms with van der Waals surface area (Å²) in [6, 6.07) is 6.41. The molecule has 9 heteroatoms. The van der Waals surface area contributed by atoms with Crippen molar-refractivity contribution in [1.82, 2.24) is 15.5 Å². The molecular formula is C17H20ClN3O4S. The monoisotopic (exact) mass is 397 g/mol. The van der Waals surface area contributed by atoms with Crippen LogP contribution in [0.4, 0.5) is 0 Å². The van der Waals surface area contributed by atoms with Gasteiger partial charge in [-0.05, 0) is 42.7 Å². The molecule has 7 nitrogen and oxygen atoms in total. The van der Waals surface area contributed by atoms with Gasteiger partial charge in [-0.25, -0.2) is 4.79 Å². The number of benzene rings is 1. The van der Waals surface area contributed by atoms with Crippen LogP contribution in [0, 0.1) is 0 Å². The zero-order chi connectivity index (χ0) is 18.9. The fourth-order valence-electron chi connectivity index (χ4n) is 2.19. The van der Waals surface area contributed by atoms with Gasteiger partial charge >= 0.3 is 5.97 Å². The largest absolute Gasteiger partial charge is 0.467 e. The highest BCUT2D eigenvalue weighted by molar-refractivity contribution is 7.98. The molecule has 26 heavy (non-hydrogen) atoms. The quantitative estimate of drug-likeness (QED) is 0.650. The molecule has 1 atom stereocenters. The maximum Gasteiger partial charge on any atom is 0.328 e. The molecule has 0 aliphatic heterocycles. The Labute approximate surface area is 160 Å². The molecule has 2 rings (SSSR count). The zero-order valence-corrected chi connectivity index (χ0v) is 16.1. The second-order valence-corrected chi connectivity index (χ2v) is 6.87. The number of carbonyl (C=O) groups is 2. The van der Waals surface area contributed by atoms with Crippen LogP contribution in [-0.2, 0) is 20.7 Å². The minimum Gasteiger partial charge on any atom is -0.467 e. The normalized spacial score (nSPS) is 11.8. The SMILES string of the molecule is COC(=O)[C@H](CCSC)NC(=O)CCc1nc(-c2ccc(Cl)cc2)no1. The number of ether oxygens (including phenoxy) is 1. The van der Waals surface area contributed by atoms with E-state index in [1.54, 1.807) is 36.0 Å². The Bertz CT molecular complexity index is 736. The number of rotatable bonds is 9. The van der Waals surface area contributed by atoms with Crippen LogP contribution in [0.5, 0.6) is 0 Å². The topological polar surface area (TPSA) is 94.3 Å². The van der Waals surface area contributed by atoms with Gasteiger partial charge in [-0.3, -0.25) is 4.79 Å². The van der Waals surface area contributed by atoms with Crippen molar-refractivity contribution in [3.8, 4) is 11.4 Å². The van der Waals surface area contributed by atoms with Crippen LogP contribution in [0.25, 0.3) is 11.4 Å². The van der Waals surface area contributed by atoms with E-state index in [1.807, 2.05) is 6.26 Å². The molecule has 140 valence electrons. The van der Waals surface area contributed by atoms with Crippen molar-refractivity contribution in [2.45, 2.75) is 25.3 Å². The van der Waals surface area contributed by atoms with E-state index in [0.717, 1.165) is 11.3 Å². The molecule has 0 aliphatic carbocycles. The van der Waals surface area contributed by atoms with Crippen molar-refractivity contribution in [3.05, 3.63) is 35.2 Å². The van der Waals surface area contributed by atoms with Crippen molar-refractivity contribution >= 4 is 35.2 Å². The number of halogens is 1. The van der Waals surface area contributed by atoms with Gasteiger partial charge in [0.25, 0.3) is 0 Å². The summed E-state index contributed by atoms with van der Waals surface area (Å²) in [5.74, 6) is 0.810. The first kappa shape index (κ1) is 20.3. The molecular weight excluding hydrogens is 378 g/mol. The summed E-state index contributed by atoms with van der Waals surface area (Å²) in [5, 5.41) is 7.21. The molecule has 1 amide bonds. The molecule has 1 aromatic heterocycles. The number of esters is 1. The highest BCUT2D eigenvalue weighted by Crippen LogP contribution is 2.19. The summed E-state index contributed by atoms with van der Waals surface area (Å²) < 4.78 is 9.89. The predicted octanol–water partition coefficient (Wildman–Crippen LogP) is 2.73. The predicted molar refractivity (Wildman–Crippen MR) is 100 cm³/mol. The highest BCUT2D eigenvalue weighted by atomic mass is 35.5. The first-order valence-electron chi connectivity index (χ1n) is 7.98. The third kappa shape index (κ3) is 6.03. The van der Waals surface area contributed by atoms with Crippen molar-refractivity contribution in [3.63, 3.8) is 0 Å². The maximum atomic E-state index is 12.1. The van der Waals surface area contributed by atoms with Gasteiger partial charge in [-0.1, -0.05) is 16.8 Å². The van der Waals surface area contributed by atoms with E-state index < -0.39 is 12.0 Å². The minimum absolute atomic E-state index is 0.134. The van der Waals surface area contributed by atoms with E-state index in [-0.39, 0.29) is 18.7 Å². The summed E-state index contributed by atoms with van der Waals surface area (Å²) in [4.78, 5) is 28.1. The number of thioether (sulfide) groups is 1. The van der Waals surface area contributed by atoms with Crippen LogP contribution in [0.1, 0.15) is 18.7 Å². The van der Waals surface area contributed by atoms with Crippen LogP contribution in [0.15, 0.2) is 28.8 Å². The molecule has 1 aromatic carbocycles. The smallest absolute Gasteiger partial charge is 0.328 e. The lowest BCUT2D eigenvalue weighted by atomic mass is 10.2. The van der Waals surface area contributed by atoms with Crippen LogP contribution in [-0.4, -0.2) is 47.2 Å². The van der Waals surface area contributed by atoms with Gasteiger partial charge in [0.1, 0.15) is 6.04 Å². The molecule has 1 heterocycles. The molecule has 0 radical (unpaired) electrons. The summed E-state index contributed by atoms with van der Waals surface area (Å²) in [6.07, 6.45) is 2.86. The van der Waals surface area contributed by atoms with E-state index >= 15 is 0 Å². The number of nitrogens with one attached hydrogen (secondary N) is 1. The minimum atomic E-state index is -0.646. The van der Waals surface area contributed by atoms with Crippen LogP contribution < -0.4 is 5.32 Å². The van der Waals surface area contributed by atoms with Crippen LogP contribution in [0.2, 0.25) is 5.02 Å². The van der Waals surface area contributed by atoms with Gasteiger partial charge in [0, 0.05) is 23.4 Å². The van der Waals surface area contributed by atoms with Crippen LogP contribution in [0.3, 0.4) is 0 Å². The molecule has 0 saturated heterocycles. The van der Waals surface area contributed by atoms with Gasteiger partial charge in [0.15, 0.2) is 0 Å². The number of hydrogen-bond acceptors (Lipinski definition) is 7. The number of methoxy groups -OCH3 is 1. The van der Waals surface area contributed by atoms with E-state index in [9.17, 15) is 9.59 Å². The summed E-state index contributed by atoms with van der Waals surface area (Å²) in [5.41, 5.74) is 0.775. The lowest BCUT2D eigenvalue weighted by molar-refractivity contribution is -0.145. The molecule has 0 unspecified atom stereocenters. The second kappa shape index (κ2) is 10.2. The van der Waals surface area contributed by atoms with Crippen molar-refractivity contribution in [2.75, 3.05) is 19.1 Å². The first-order chi connectivity index (χ1) is 12.5. The molecule has 2 aromatic rings. The Morgan fingerprint density at radius 1 is 1.35 bits per heavy atom. The van der Waals surface area contributed by atoms with E-state index in [4.69, 9.17) is 20.9 Å². The Morgan fingerprint density at radius 3 is 2.73 bits per heavy atom. The lowest BCUT2D eigenvalue weighted by Gasteiger charge is -2.15. The number of hydrogen-bond donors (Lipinski definition) is 1. The second-order valence-electron chi connectivity index (χ2n) is 5.44. The van der Waals surface area contributed by atoms with E-state index in [2.05, 4.69) is 15.5 Å². The van der Waals surface area contributed by atoms with Crippen molar-refractivity contribution in [1.29, 1.82) is 0 Å². The summed E-state index contributed by atoms with van der Waals surface area (Å²) >= 11 is 7.45. The van der Waals surface area contributed by atoms with Gasteiger partial charge < -0.3 is 14.6 Å². The van der Waals surface area contributed by atoms with Gasteiger partial charge in [0.05, 0.1) is 7.11 Å². The number of carbonyl (C=O) groups excluding carboxylic acids is 2. The summed E-state index contributed by atoms with van der Waals surface area (Å²) in [7, 11) is 1.30. The number of aromatic nitrogens is 2. The Hall–Kier alpha value is -2.06. The fourth-order valence-corrected chi connectivity index (χ4v) is 2.78. The Kier molecular flexibility index (Phi) is 7.93. The van der Waals surface area contributed by atoms with Crippen LogP contribution >= 0.6 is 23.4 Å². The number of aryl methyl sites for hydroxylation is 1. The van der Waals surface area contributed by atoms with Gasteiger partial charge in [-0.15, -0.1) is 0 Å². The maximum absolute atomic E-state index is 12.1. The third-order valence-electron chi connectivity index (χ3n) is 3.57. The Balaban J connectivity index is 1.88. The molecule has 1 N–H and O–H groups in total.